The first-order valence-corrected chi connectivity index (χ1v) is 10.3. The summed E-state index contributed by atoms with van der Waals surface area (Å²) in [6, 6.07) is 10.7. The minimum atomic E-state index is -0.0840. The molecule has 148 valence electrons. The Morgan fingerprint density at radius 2 is 1.89 bits per heavy atom. The van der Waals surface area contributed by atoms with E-state index in [0.29, 0.717) is 0 Å². The van der Waals surface area contributed by atoms with Gasteiger partial charge in [-0.1, -0.05) is 44.2 Å². The fourth-order valence-electron chi connectivity index (χ4n) is 4.39. The standard InChI is InChI=1S/C22H33N3O2/c1-18(2)21(27)23-15-20(26)25-14-11-22(17-25)10-6-12-24(16-22)13-9-19-7-4-3-5-8-19/h3-5,7-8,18H,6,9-17H2,1-2H3,(H,23,27)/t22-/m1/s1. The highest BCUT2D eigenvalue weighted by atomic mass is 16.2. The van der Waals surface area contributed by atoms with Gasteiger partial charge in [0.1, 0.15) is 0 Å². The molecule has 1 atom stereocenters. The minimum Gasteiger partial charge on any atom is -0.347 e. The molecule has 2 heterocycles. The maximum absolute atomic E-state index is 12.5. The Kier molecular flexibility index (Phi) is 6.53. The van der Waals surface area contributed by atoms with Crippen molar-refractivity contribution < 1.29 is 9.59 Å². The molecule has 0 bridgehead atoms. The number of hydrogen-bond acceptors (Lipinski definition) is 3. The van der Waals surface area contributed by atoms with Crippen LogP contribution < -0.4 is 5.32 Å². The van der Waals surface area contributed by atoms with Gasteiger partial charge in [0.2, 0.25) is 11.8 Å². The molecule has 2 saturated heterocycles. The van der Waals surface area contributed by atoms with Crippen LogP contribution in [-0.2, 0) is 16.0 Å². The third-order valence-electron chi connectivity index (χ3n) is 6.03. The van der Waals surface area contributed by atoms with E-state index in [4.69, 9.17) is 0 Å². The number of carbonyl (C=O) groups excluding carboxylic acids is 2. The summed E-state index contributed by atoms with van der Waals surface area (Å²) in [6.07, 6.45) is 4.58. The molecule has 1 aromatic rings. The Hall–Kier alpha value is -1.88. The lowest BCUT2D eigenvalue weighted by molar-refractivity contribution is -0.133. The van der Waals surface area contributed by atoms with Crippen LogP contribution in [0.1, 0.15) is 38.7 Å². The van der Waals surface area contributed by atoms with Crippen LogP contribution in [0.3, 0.4) is 0 Å². The lowest BCUT2D eigenvalue weighted by Crippen LogP contribution is -2.47. The predicted octanol–water partition coefficient (Wildman–Crippen LogP) is 2.32. The van der Waals surface area contributed by atoms with Gasteiger partial charge in [0.25, 0.3) is 0 Å². The Morgan fingerprint density at radius 1 is 1.11 bits per heavy atom. The maximum Gasteiger partial charge on any atom is 0.241 e. The Balaban J connectivity index is 1.48. The minimum absolute atomic E-state index is 0.0537. The van der Waals surface area contributed by atoms with Crippen LogP contribution in [0.2, 0.25) is 0 Å². The van der Waals surface area contributed by atoms with Gasteiger partial charge >= 0.3 is 0 Å². The molecule has 2 amide bonds. The molecule has 5 nitrogen and oxygen atoms in total. The topological polar surface area (TPSA) is 52.7 Å². The summed E-state index contributed by atoms with van der Waals surface area (Å²) in [6.45, 7) is 8.81. The Morgan fingerprint density at radius 3 is 2.63 bits per heavy atom. The fourth-order valence-corrected chi connectivity index (χ4v) is 4.39. The zero-order valence-corrected chi connectivity index (χ0v) is 16.7. The van der Waals surface area contributed by atoms with E-state index in [0.717, 1.165) is 45.6 Å². The van der Waals surface area contributed by atoms with Gasteiger partial charge in [0, 0.05) is 37.5 Å². The lowest BCUT2D eigenvalue weighted by atomic mass is 9.79. The first-order chi connectivity index (χ1) is 13.0. The summed E-state index contributed by atoms with van der Waals surface area (Å²) < 4.78 is 0. The SMILES string of the molecule is CC(C)C(=O)NCC(=O)N1CC[C@@]2(CCCN(CCc3ccccc3)C2)C1. The van der Waals surface area contributed by atoms with Crippen LogP contribution in [0, 0.1) is 11.3 Å². The smallest absolute Gasteiger partial charge is 0.241 e. The quantitative estimate of drug-likeness (QED) is 0.835. The van der Waals surface area contributed by atoms with E-state index in [1.807, 2.05) is 18.7 Å². The number of piperidine rings is 1. The van der Waals surface area contributed by atoms with Gasteiger partial charge in [-0.05, 0) is 37.8 Å². The van der Waals surface area contributed by atoms with Crippen molar-refractivity contribution in [3.05, 3.63) is 35.9 Å². The molecule has 2 aliphatic heterocycles. The number of nitrogens with one attached hydrogen (secondary N) is 1. The molecule has 27 heavy (non-hydrogen) atoms. The van der Waals surface area contributed by atoms with Crippen LogP contribution in [0.15, 0.2) is 30.3 Å². The molecule has 5 heteroatoms. The van der Waals surface area contributed by atoms with E-state index in [-0.39, 0.29) is 29.7 Å². The van der Waals surface area contributed by atoms with Crippen LogP contribution in [-0.4, -0.2) is 60.9 Å². The van der Waals surface area contributed by atoms with Gasteiger partial charge in [-0.3, -0.25) is 9.59 Å². The van der Waals surface area contributed by atoms with E-state index in [2.05, 4.69) is 40.5 Å². The van der Waals surface area contributed by atoms with Gasteiger partial charge < -0.3 is 15.1 Å². The van der Waals surface area contributed by atoms with Crippen molar-refractivity contribution in [3.8, 4) is 0 Å². The van der Waals surface area contributed by atoms with Crippen LogP contribution in [0.25, 0.3) is 0 Å². The molecule has 1 N–H and O–H groups in total. The molecule has 3 rings (SSSR count). The molecular weight excluding hydrogens is 338 g/mol. The van der Waals surface area contributed by atoms with Crippen molar-refractivity contribution in [2.45, 2.75) is 39.5 Å². The number of hydrogen-bond donors (Lipinski definition) is 1. The predicted molar refractivity (Wildman–Crippen MR) is 107 cm³/mol. The van der Waals surface area contributed by atoms with E-state index >= 15 is 0 Å². The number of nitrogens with zero attached hydrogens (tertiary/aromatic N) is 2. The molecule has 2 fully saturated rings. The third-order valence-corrected chi connectivity index (χ3v) is 6.03. The largest absolute Gasteiger partial charge is 0.347 e. The van der Waals surface area contributed by atoms with Gasteiger partial charge in [-0.25, -0.2) is 0 Å². The molecule has 0 radical (unpaired) electrons. The fraction of sp³-hybridized carbons (Fsp3) is 0.636. The normalized spacial score (nSPS) is 23.1. The molecule has 1 spiro atoms. The summed E-state index contributed by atoms with van der Waals surface area (Å²) in [7, 11) is 0. The van der Waals surface area contributed by atoms with Crippen molar-refractivity contribution in [1.29, 1.82) is 0 Å². The molecule has 0 unspecified atom stereocenters. The molecule has 1 aromatic carbocycles. The Bertz CT molecular complexity index is 646. The van der Waals surface area contributed by atoms with Crippen molar-refractivity contribution in [2.75, 3.05) is 39.3 Å². The van der Waals surface area contributed by atoms with Crippen molar-refractivity contribution >= 4 is 11.8 Å². The summed E-state index contributed by atoms with van der Waals surface area (Å²) in [5, 5.41) is 2.76. The summed E-state index contributed by atoms with van der Waals surface area (Å²) in [5.74, 6) is -0.0801. The molecule has 0 saturated carbocycles. The highest BCUT2D eigenvalue weighted by Crippen LogP contribution is 2.38. The van der Waals surface area contributed by atoms with Gasteiger partial charge in [-0.2, -0.15) is 0 Å². The lowest BCUT2D eigenvalue weighted by Gasteiger charge is -2.40. The first-order valence-electron chi connectivity index (χ1n) is 10.3. The average Bonchev–Trinajstić information content (AvgIpc) is 3.08. The average molecular weight is 372 g/mol. The molecule has 2 aliphatic rings. The number of benzene rings is 1. The number of carbonyl (C=O) groups is 2. The van der Waals surface area contributed by atoms with E-state index in [1.165, 1.54) is 18.4 Å². The zero-order chi connectivity index (χ0) is 19.3. The van der Waals surface area contributed by atoms with Crippen LogP contribution in [0.5, 0.6) is 0 Å². The first kappa shape index (κ1) is 19.9. The highest BCUT2D eigenvalue weighted by molar-refractivity contribution is 5.85. The van der Waals surface area contributed by atoms with Gasteiger partial charge in [-0.15, -0.1) is 0 Å². The molecule has 0 aliphatic carbocycles. The summed E-state index contributed by atoms with van der Waals surface area (Å²) in [4.78, 5) is 28.7. The van der Waals surface area contributed by atoms with E-state index in [9.17, 15) is 9.59 Å². The Labute approximate surface area is 163 Å². The second-order valence-electron chi connectivity index (χ2n) is 8.55. The van der Waals surface area contributed by atoms with Crippen LogP contribution in [0.4, 0.5) is 0 Å². The number of likely N-dealkylation sites (tertiary alicyclic amines) is 2. The third kappa shape index (κ3) is 5.32. The zero-order valence-electron chi connectivity index (χ0n) is 16.7. The van der Waals surface area contributed by atoms with Crippen molar-refractivity contribution in [1.82, 2.24) is 15.1 Å². The van der Waals surface area contributed by atoms with E-state index in [1.54, 1.807) is 0 Å². The van der Waals surface area contributed by atoms with Gasteiger partial charge in [0.15, 0.2) is 0 Å². The molecular formula is C22H33N3O2. The van der Waals surface area contributed by atoms with Crippen molar-refractivity contribution in [2.24, 2.45) is 11.3 Å². The second-order valence-corrected chi connectivity index (χ2v) is 8.55. The number of amides is 2. The monoisotopic (exact) mass is 371 g/mol. The highest BCUT2D eigenvalue weighted by Gasteiger charge is 2.42. The summed E-state index contributed by atoms with van der Waals surface area (Å²) in [5.41, 5.74) is 1.63. The second kappa shape index (κ2) is 8.87. The number of rotatable bonds is 6. The maximum atomic E-state index is 12.5. The van der Waals surface area contributed by atoms with Gasteiger partial charge in [0.05, 0.1) is 6.54 Å². The molecule has 0 aromatic heterocycles. The van der Waals surface area contributed by atoms with E-state index < -0.39 is 0 Å². The van der Waals surface area contributed by atoms with Crippen molar-refractivity contribution in [3.63, 3.8) is 0 Å². The summed E-state index contributed by atoms with van der Waals surface area (Å²) >= 11 is 0. The van der Waals surface area contributed by atoms with Crippen LogP contribution >= 0.6 is 0 Å².